The summed E-state index contributed by atoms with van der Waals surface area (Å²) in [6, 6.07) is 6.73. The summed E-state index contributed by atoms with van der Waals surface area (Å²) in [7, 11) is -1.79. The number of carbonyl (C=O) groups excluding carboxylic acids is 1. The lowest BCUT2D eigenvalue weighted by Crippen LogP contribution is -2.15. The van der Waals surface area contributed by atoms with E-state index in [0.29, 0.717) is 30.0 Å². The highest BCUT2D eigenvalue weighted by atomic mass is 32.2. The van der Waals surface area contributed by atoms with Gasteiger partial charge in [0.05, 0.1) is 12.0 Å². The molecule has 0 heterocycles. The number of carbonyl (C=O) groups is 1. The maximum Gasteiger partial charge on any atom is 0.333 e. The summed E-state index contributed by atoms with van der Waals surface area (Å²) in [4.78, 5) is 11.7. The number of benzene rings is 1. The molecule has 0 atom stereocenters. The summed E-state index contributed by atoms with van der Waals surface area (Å²) in [5, 5.41) is 3.17. The van der Waals surface area contributed by atoms with Crippen LogP contribution in [0.3, 0.4) is 0 Å². The molecule has 6 heteroatoms. The zero-order chi connectivity index (χ0) is 15.9. The third kappa shape index (κ3) is 5.69. The molecule has 0 fully saturated rings. The number of sulfone groups is 1. The highest BCUT2D eigenvalue weighted by molar-refractivity contribution is 7.90. The summed E-state index contributed by atoms with van der Waals surface area (Å²) in [5.74, 6) is -0.309. The molecule has 1 aromatic rings. The molecule has 0 saturated heterocycles. The van der Waals surface area contributed by atoms with Crippen LogP contribution in [0.5, 0.6) is 0 Å². The molecule has 0 aliphatic heterocycles. The van der Waals surface area contributed by atoms with Crippen LogP contribution in [0.1, 0.15) is 18.9 Å². The SMILES string of the molecule is CC/C(=C/CNCc1ccc(S(C)(=O)=O)cc1)C(=O)OC. The molecule has 1 aromatic carbocycles. The minimum atomic E-state index is -3.15. The molecule has 5 nitrogen and oxygen atoms in total. The fourth-order valence-electron chi connectivity index (χ4n) is 1.77. The molecule has 0 aliphatic carbocycles. The van der Waals surface area contributed by atoms with E-state index in [0.717, 1.165) is 5.56 Å². The number of hydrogen-bond acceptors (Lipinski definition) is 5. The van der Waals surface area contributed by atoms with Crippen LogP contribution in [0.4, 0.5) is 0 Å². The monoisotopic (exact) mass is 311 g/mol. The first kappa shape index (κ1) is 17.4. The molecule has 1 rings (SSSR count). The first-order valence-corrected chi connectivity index (χ1v) is 8.54. The van der Waals surface area contributed by atoms with E-state index in [-0.39, 0.29) is 5.97 Å². The second kappa shape index (κ2) is 7.95. The van der Waals surface area contributed by atoms with Gasteiger partial charge in [-0.15, -0.1) is 0 Å². The lowest BCUT2D eigenvalue weighted by Gasteiger charge is -2.05. The highest BCUT2D eigenvalue weighted by Crippen LogP contribution is 2.10. The van der Waals surface area contributed by atoms with Gasteiger partial charge in [-0.25, -0.2) is 13.2 Å². The summed E-state index contributed by atoms with van der Waals surface area (Å²) in [5.41, 5.74) is 1.62. The third-order valence-electron chi connectivity index (χ3n) is 3.00. The number of esters is 1. The second-order valence-electron chi connectivity index (χ2n) is 4.62. The average Bonchev–Trinajstić information content (AvgIpc) is 2.46. The lowest BCUT2D eigenvalue weighted by atomic mass is 10.2. The van der Waals surface area contributed by atoms with Gasteiger partial charge < -0.3 is 10.1 Å². The van der Waals surface area contributed by atoms with Gasteiger partial charge in [0, 0.05) is 24.9 Å². The van der Waals surface area contributed by atoms with Crippen molar-refractivity contribution in [1.29, 1.82) is 0 Å². The molecule has 0 unspecified atom stereocenters. The maximum absolute atomic E-state index is 11.4. The molecule has 0 saturated carbocycles. The zero-order valence-electron chi connectivity index (χ0n) is 12.5. The Hall–Kier alpha value is -1.66. The van der Waals surface area contributed by atoms with E-state index >= 15 is 0 Å². The number of ether oxygens (including phenoxy) is 1. The number of hydrogen-bond donors (Lipinski definition) is 1. The predicted octanol–water partition coefficient (Wildman–Crippen LogP) is 1.69. The van der Waals surface area contributed by atoms with Crippen molar-refractivity contribution in [2.24, 2.45) is 0 Å². The molecule has 0 amide bonds. The van der Waals surface area contributed by atoms with Crippen LogP contribution < -0.4 is 5.32 Å². The van der Waals surface area contributed by atoms with Crippen molar-refractivity contribution in [2.75, 3.05) is 19.9 Å². The quantitative estimate of drug-likeness (QED) is 0.471. The van der Waals surface area contributed by atoms with E-state index in [2.05, 4.69) is 10.1 Å². The third-order valence-corrected chi connectivity index (χ3v) is 4.13. The van der Waals surface area contributed by atoms with Crippen molar-refractivity contribution in [3.63, 3.8) is 0 Å². The fraction of sp³-hybridized carbons (Fsp3) is 0.400. The van der Waals surface area contributed by atoms with Crippen LogP contribution in [0.15, 0.2) is 40.8 Å². The van der Waals surface area contributed by atoms with E-state index in [1.54, 1.807) is 30.3 Å². The Morgan fingerprint density at radius 2 is 1.90 bits per heavy atom. The molecule has 0 aliphatic rings. The molecule has 1 N–H and O–H groups in total. The summed E-state index contributed by atoms with van der Waals surface area (Å²) >= 11 is 0. The van der Waals surface area contributed by atoms with Gasteiger partial charge in [-0.1, -0.05) is 25.1 Å². The number of rotatable bonds is 7. The molecule has 0 spiro atoms. The van der Waals surface area contributed by atoms with Gasteiger partial charge in [0.15, 0.2) is 9.84 Å². The van der Waals surface area contributed by atoms with E-state index in [9.17, 15) is 13.2 Å². The average molecular weight is 311 g/mol. The largest absolute Gasteiger partial charge is 0.466 e. The van der Waals surface area contributed by atoms with Gasteiger partial charge in [-0.2, -0.15) is 0 Å². The van der Waals surface area contributed by atoms with E-state index in [1.807, 2.05) is 6.92 Å². The Balaban J connectivity index is 2.53. The molecular weight excluding hydrogens is 290 g/mol. The number of methoxy groups -OCH3 is 1. The first-order chi connectivity index (χ1) is 9.88. The second-order valence-corrected chi connectivity index (χ2v) is 6.64. The molecule has 21 heavy (non-hydrogen) atoms. The standard InChI is InChI=1S/C15H21NO4S/c1-4-13(15(17)20-2)9-10-16-11-12-5-7-14(8-6-12)21(3,18)19/h5-9,16H,4,10-11H2,1-3H3/b13-9-. The van der Waals surface area contributed by atoms with Gasteiger partial charge in [-0.3, -0.25) is 0 Å². The van der Waals surface area contributed by atoms with E-state index in [4.69, 9.17) is 0 Å². The van der Waals surface area contributed by atoms with Crippen molar-refractivity contribution in [2.45, 2.75) is 24.8 Å². The normalized spacial score (nSPS) is 12.2. The van der Waals surface area contributed by atoms with Gasteiger partial charge in [0.2, 0.25) is 0 Å². The topological polar surface area (TPSA) is 72.5 Å². The highest BCUT2D eigenvalue weighted by Gasteiger charge is 2.07. The van der Waals surface area contributed by atoms with Crippen LogP contribution in [0.25, 0.3) is 0 Å². The number of nitrogens with one attached hydrogen (secondary N) is 1. The first-order valence-electron chi connectivity index (χ1n) is 6.65. The van der Waals surface area contributed by atoms with Crippen LogP contribution in [-0.4, -0.2) is 34.3 Å². The molecule has 0 bridgehead atoms. The maximum atomic E-state index is 11.4. The van der Waals surface area contributed by atoms with Crippen LogP contribution in [-0.2, 0) is 25.9 Å². The molecule has 0 aromatic heterocycles. The minimum Gasteiger partial charge on any atom is -0.466 e. The molecule has 116 valence electrons. The van der Waals surface area contributed by atoms with Crippen molar-refractivity contribution < 1.29 is 17.9 Å². The molecule has 0 radical (unpaired) electrons. The molecular formula is C15H21NO4S. The van der Waals surface area contributed by atoms with Crippen LogP contribution >= 0.6 is 0 Å². The van der Waals surface area contributed by atoms with Crippen molar-refractivity contribution >= 4 is 15.8 Å². The van der Waals surface area contributed by atoms with E-state index < -0.39 is 9.84 Å². The fourth-order valence-corrected chi connectivity index (χ4v) is 2.40. The smallest absolute Gasteiger partial charge is 0.333 e. The van der Waals surface area contributed by atoms with Crippen molar-refractivity contribution in [3.05, 3.63) is 41.5 Å². The lowest BCUT2D eigenvalue weighted by molar-refractivity contribution is -0.136. The Morgan fingerprint density at radius 3 is 2.38 bits per heavy atom. The Morgan fingerprint density at radius 1 is 1.29 bits per heavy atom. The predicted molar refractivity (Wildman–Crippen MR) is 81.6 cm³/mol. The van der Waals surface area contributed by atoms with Gasteiger partial charge in [0.1, 0.15) is 0 Å². The zero-order valence-corrected chi connectivity index (χ0v) is 13.4. The Labute approximate surface area is 125 Å². The van der Waals surface area contributed by atoms with Crippen LogP contribution in [0.2, 0.25) is 0 Å². The van der Waals surface area contributed by atoms with Gasteiger partial charge in [-0.05, 0) is 24.1 Å². The van der Waals surface area contributed by atoms with Gasteiger partial charge in [0.25, 0.3) is 0 Å². The minimum absolute atomic E-state index is 0.309. The summed E-state index contributed by atoms with van der Waals surface area (Å²) in [6.07, 6.45) is 3.61. The Kier molecular flexibility index (Phi) is 6.58. The van der Waals surface area contributed by atoms with Crippen LogP contribution in [0, 0.1) is 0 Å². The summed E-state index contributed by atoms with van der Waals surface area (Å²) in [6.45, 7) is 3.04. The van der Waals surface area contributed by atoms with Gasteiger partial charge >= 0.3 is 5.97 Å². The summed E-state index contributed by atoms with van der Waals surface area (Å²) < 4.78 is 27.3. The van der Waals surface area contributed by atoms with E-state index in [1.165, 1.54) is 13.4 Å². The van der Waals surface area contributed by atoms with Crippen molar-refractivity contribution in [3.8, 4) is 0 Å². The Bertz CT molecular complexity index is 603. The van der Waals surface area contributed by atoms with Crippen molar-refractivity contribution in [1.82, 2.24) is 5.32 Å².